The molecule has 0 aromatic heterocycles. The van der Waals surface area contributed by atoms with Crippen LogP contribution in [0, 0.1) is 0 Å². The maximum Gasteiger partial charge on any atom is 0.154 e. The van der Waals surface area contributed by atoms with Crippen molar-refractivity contribution in [1.29, 1.82) is 0 Å². The highest BCUT2D eigenvalue weighted by molar-refractivity contribution is 7.92. The number of hydrogen-bond acceptors (Lipinski definition) is 4. The van der Waals surface area contributed by atoms with Crippen molar-refractivity contribution in [2.45, 2.75) is 38.0 Å². The molecule has 92 valence electrons. The molecule has 1 atom stereocenters. The highest BCUT2D eigenvalue weighted by atomic mass is 32.2. The Hall–Kier alpha value is -0.130. The van der Waals surface area contributed by atoms with Gasteiger partial charge in [-0.2, -0.15) is 0 Å². The summed E-state index contributed by atoms with van der Waals surface area (Å²) in [5.41, 5.74) is 0. The minimum absolute atomic E-state index is 0.181. The van der Waals surface area contributed by atoms with Crippen molar-refractivity contribution < 1.29 is 13.2 Å². The Morgan fingerprint density at radius 2 is 1.93 bits per heavy atom. The van der Waals surface area contributed by atoms with Gasteiger partial charge in [-0.3, -0.25) is 0 Å². The lowest BCUT2D eigenvalue weighted by Crippen LogP contribution is -2.52. The van der Waals surface area contributed by atoms with E-state index in [0.29, 0.717) is 13.2 Å². The largest absolute Gasteiger partial charge is 0.380 e. The monoisotopic (exact) mass is 237 g/mol. The Kier molecular flexibility index (Phi) is 5.77. The van der Waals surface area contributed by atoms with E-state index in [1.54, 1.807) is 20.9 Å². The maximum absolute atomic E-state index is 11.6. The number of hydrogen-bond donors (Lipinski definition) is 1. The second-order valence-electron chi connectivity index (χ2n) is 4.29. The third-order valence-corrected chi connectivity index (χ3v) is 4.97. The summed E-state index contributed by atoms with van der Waals surface area (Å²) >= 11 is 0. The lowest BCUT2D eigenvalue weighted by Gasteiger charge is -2.32. The third-order valence-electron chi connectivity index (χ3n) is 2.78. The Bertz CT molecular complexity index is 272. The predicted octanol–water partition coefficient (Wildman–Crippen LogP) is 0.824. The minimum Gasteiger partial charge on any atom is -0.380 e. The van der Waals surface area contributed by atoms with Crippen molar-refractivity contribution >= 4 is 9.84 Å². The molecule has 0 amide bonds. The molecule has 15 heavy (non-hydrogen) atoms. The van der Waals surface area contributed by atoms with E-state index in [9.17, 15) is 8.42 Å². The van der Waals surface area contributed by atoms with Gasteiger partial charge >= 0.3 is 0 Å². The van der Waals surface area contributed by atoms with E-state index in [1.165, 1.54) is 6.26 Å². The summed E-state index contributed by atoms with van der Waals surface area (Å²) < 4.78 is 27.8. The number of likely N-dealkylation sites (N-methyl/N-ethyl adjacent to an activating group) is 1. The molecular formula is C10H23NO3S. The lowest BCUT2D eigenvalue weighted by atomic mass is 10.0. The summed E-state index contributed by atoms with van der Waals surface area (Å²) in [5.74, 6) is 0. The second-order valence-corrected chi connectivity index (χ2v) is 6.89. The van der Waals surface area contributed by atoms with Gasteiger partial charge in [0.25, 0.3) is 0 Å². The predicted molar refractivity (Wildman–Crippen MR) is 62.9 cm³/mol. The quantitative estimate of drug-likeness (QED) is 0.666. The van der Waals surface area contributed by atoms with Crippen LogP contribution in [0.2, 0.25) is 0 Å². The highest BCUT2D eigenvalue weighted by Gasteiger charge is 2.38. The molecule has 0 aliphatic rings. The molecule has 0 aromatic rings. The fourth-order valence-electron chi connectivity index (χ4n) is 1.24. The SMILES string of the molecule is CCCOCC(NC)C(C)(C)S(C)(=O)=O. The van der Waals surface area contributed by atoms with E-state index in [2.05, 4.69) is 5.32 Å². The van der Waals surface area contributed by atoms with Crippen LogP contribution in [0.15, 0.2) is 0 Å². The van der Waals surface area contributed by atoms with Gasteiger partial charge in [-0.1, -0.05) is 6.92 Å². The van der Waals surface area contributed by atoms with Crippen LogP contribution in [-0.4, -0.2) is 45.7 Å². The molecule has 0 saturated heterocycles. The van der Waals surface area contributed by atoms with Crippen molar-refractivity contribution in [3.63, 3.8) is 0 Å². The first-order chi connectivity index (χ1) is 6.77. The first kappa shape index (κ1) is 14.9. The molecular weight excluding hydrogens is 214 g/mol. The molecule has 0 aliphatic carbocycles. The van der Waals surface area contributed by atoms with E-state index in [-0.39, 0.29) is 6.04 Å². The van der Waals surface area contributed by atoms with Crippen molar-refractivity contribution in [3.8, 4) is 0 Å². The smallest absolute Gasteiger partial charge is 0.154 e. The van der Waals surface area contributed by atoms with Crippen molar-refractivity contribution in [3.05, 3.63) is 0 Å². The van der Waals surface area contributed by atoms with Crippen LogP contribution in [0.5, 0.6) is 0 Å². The number of rotatable bonds is 7. The highest BCUT2D eigenvalue weighted by Crippen LogP contribution is 2.20. The summed E-state index contributed by atoms with van der Waals surface area (Å²) in [6, 6.07) is -0.181. The normalized spacial score (nSPS) is 15.3. The van der Waals surface area contributed by atoms with Crippen molar-refractivity contribution in [2.24, 2.45) is 0 Å². The van der Waals surface area contributed by atoms with Crippen LogP contribution < -0.4 is 5.32 Å². The van der Waals surface area contributed by atoms with Crippen LogP contribution in [0.25, 0.3) is 0 Å². The average molecular weight is 237 g/mol. The number of ether oxygens (including phenoxy) is 1. The first-order valence-corrected chi connectivity index (χ1v) is 7.11. The van der Waals surface area contributed by atoms with Gasteiger partial charge in [0.15, 0.2) is 9.84 Å². The molecule has 0 aliphatic heterocycles. The molecule has 0 aromatic carbocycles. The van der Waals surface area contributed by atoms with Gasteiger partial charge < -0.3 is 10.1 Å². The molecule has 0 rings (SSSR count). The second kappa shape index (κ2) is 5.82. The van der Waals surface area contributed by atoms with Crippen LogP contribution in [-0.2, 0) is 14.6 Å². The molecule has 0 bridgehead atoms. The summed E-state index contributed by atoms with van der Waals surface area (Å²) in [7, 11) is -1.34. The van der Waals surface area contributed by atoms with E-state index < -0.39 is 14.6 Å². The zero-order valence-electron chi connectivity index (χ0n) is 10.3. The number of nitrogens with one attached hydrogen (secondary N) is 1. The molecule has 0 fully saturated rings. The van der Waals surface area contributed by atoms with Gasteiger partial charge in [0, 0.05) is 18.9 Å². The third kappa shape index (κ3) is 4.09. The number of sulfone groups is 1. The van der Waals surface area contributed by atoms with Crippen LogP contribution >= 0.6 is 0 Å². The van der Waals surface area contributed by atoms with Crippen molar-refractivity contribution in [2.75, 3.05) is 26.5 Å². The standard InChI is InChI=1S/C10H23NO3S/c1-6-7-14-8-9(11-4)10(2,3)15(5,12)13/h9,11H,6-8H2,1-5H3. The Labute approximate surface area is 93.3 Å². The molecule has 0 saturated carbocycles. The fraction of sp³-hybridized carbons (Fsp3) is 1.00. The molecule has 0 heterocycles. The summed E-state index contributed by atoms with van der Waals surface area (Å²) in [4.78, 5) is 0. The van der Waals surface area contributed by atoms with E-state index >= 15 is 0 Å². The molecule has 1 N–H and O–H groups in total. The van der Waals surface area contributed by atoms with Crippen LogP contribution in [0.4, 0.5) is 0 Å². The van der Waals surface area contributed by atoms with Crippen molar-refractivity contribution in [1.82, 2.24) is 5.32 Å². The summed E-state index contributed by atoms with van der Waals surface area (Å²) in [6.07, 6.45) is 2.20. The topological polar surface area (TPSA) is 55.4 Å². The fourth-order valence-corrected chi connectivity index (χ4v) is 1.94. The average Bonchev–Trinajstić information content (AvgIpc) is 2.10. The van der Waals surface area contributed by atoms with Gasteiger partial charge in [0.05, 0.1) is 11.4 Å². The van der Waals surface area contributed by atoms with Gasteiger partial charge in [-0.15, -0.1) is 0 Å². The Morgan fingerprint density at radius 3 is 2.27 bits per heavy atom. The Balaban J connectivity index is 4.52. The van der Waals surface area contributed by atoms with Crippen LogP contribution in [0.3, 0.4) is 0 Å². The molecule has 0 radical (unpaired) electrons. The molecule has 4 nitrogen and oxygen atoms in total. The zero-order valence-corrected chi connectivity index (χ0v) is 11.1. The van der Waals surface area contributed by atoms with Gasteiger partial charge in [0.2, 0.25) is 0 Å². The maximum atomic E-state index is 11.6. The van der Waals surface area contributed by atoms with Gasteiger partial charge in [0.1, 0.15) is 0 Å². The van der Waals surface area contributed by atoms with E-state index in [1.807, 2.05) is 6.92 Å². The lowest BCUT2D eigenvalue weighted by molar-refractivity contribution is 0.105. The summed E-state index contributed by atoms with van der Waals surface area (Å²) in [5, 5.41) is 3.00. The van der Waals surface area contributed by atoms with E-state index in [4.69, 9.17) is 4.74 Å². The molecule has 1 unspecified atom stereocenters. The van der Waals surface area contributed by atoms with E-state index in [0.717, 1.165) is 6.42 Å². The Morgan fingerprint density at radius 1 is 1.40 bits per heavy atom. The minimum atomic E-state index is -3.09. The van der Waals surface area contributed by atoms with Crippen LogP contribution in [0.1, 0.15) is 27.2 Å². The molecule has 5 heteroatoms. The van der Waals surface area contributed by atoms with Gasteiger partial charge in [-0.05, 0) is 27.3 Å². The van der Waals surface area contributed by atoms with Gasteiger partial charge in [-0.25, -0.2) is 8.42 Å². The summed E-state index contributed by atoms with van der Waals surface area (Å²) in [6.45, 7) is 6.55. The first-order valence-electron chi connectivity index (χ1n) is 5.22. The zero-order chi connectivity index (χ0) is 12.1. The molecule has 0 spiro atoms.